The van der Waals surface area contributed by atoms with Gasteiger partial charge in [-0.15, -0.1) is 0 Å². The summed E-state index contributed by atoms with van der Waals surface area (Å²) in [5.74, 6) is -5.29. The third-order valence-electron chi connectivity index (χ3n) is 4.06. The lowest BCUT2D eigenvalue weighted by atomic mass is 10.1. The molecule has 1 aliphatic heterocycles. The van der Waals surface area contributed by atoms with Crippen molar-refractivity contribution in [2.75, 3.05) is 0 Å². The van der Waals surface area contributed by atoms with Gasteiger partial charge in [0.2, 0.25) is 23.6 Å². The highest BCUT2D eigenvalue weighted by Crippen LogP contribution is 2.04. The first kappa shape index (κ1) is 22.9. The Bertz CT molecular complexity index is 609. The lowest BCUT2D eigenvalue weighted by molar-refractivity contribution is -0.139. The van der Waals surface area contributed by atoms with Crippen LogP contribution in [0.2, 0.25) is 0 Å². The minimum absolute atomic E-state index is 0.205. The second kappa shape index (κ2) is 10.2. The van der Waals surface area contributed by atoms with Gasteiger partial charge in [-0.2, -0.15) is 0 Å². The summed E-state index contributed by atoms with van der Waals surface area (Å²) in [4.78, 5) is 70.8. The van der Waals surface area contributed by atoms with E-state index in [9.17, 15) is 28.8 Å². The van der Waals surface area contributed by atoms with Gasteiger partial charge >= 0.3 is 11.9 Å². The number of carbonyl (C=O) groups excluding carboxylic acids is 4. The standard InChI is InChI=1S/C16H24N4O8/c1-7-13(25)19-10(4-6-12(23)24)16(28)18-8(2)14(26)20-9(15(27)17-7)3-5-11(21)22/h7-10H,3-6H2,1-2H3,(H,17,27)(H,18,28)(H,19,25)(H,20,26)(H,21,22)(H,23,24)/t7-,8-,9+,10+/m1/s1. The van der Waals surface area contributed by atoms with E-state index in [1.54, 1.807) is 0 Å². The average molecular weight is 400 g/mol. The van der Waals surface area contributed by atoms with Gasteiger partial charge in [-0.05, 0) is 26.7 Å². The van der Waals surface area contributed by atoms with Crippen molar-refractivity contribution in [1.82, 2.24) is 21.3 Å². The van der Waals surface area contributed by atoms with Crippen molar-refractivity contribution in [1.29, 1.82) is 0 Å². The molecule has 0 saturated carbocycles. The number of nitrogens with one attached hydrogen (secondary N) is 4. The number of hydrogen-bond donors (Lipinski definition) is 6. The third kappa shape index (κ3) is 7.21. The van der Waals surface area contributed by atoms with Crippen molar-refractivity contribution in [3.63, 3.8) is 0 Å². The van der Waals surface area contributed by atoms with Crippen LogP contribution < -0.4 is 21.3 Å². The van der Waals surface area contributed by atoms with Gasteiger partial charge in [-0.25, -0.2) is 0 Å². The molecule has 12 heteroatoms. The molecule has 1 heterocycles. The highest BCUT2D eigenvalue weighted by atomic mass is 16.4. The zero-order valence-corrected chi connectivity index (χ0v) is 15.5. The summed E-state index contributed by atoms with van der Waals surface area (Å²) in [6, 6.07) is -4.62. The largest absolute Gasteiger partial charge is 0.481 e. The molecule has 1 saturated heterocycles. The molecule has 28 heavy (non-hydrogen) atoms. The normalized spacial score (nSPS) is 26.6. The third-order valence-corrected chi connectivity index (χ3v) is 4.06. The van der Waals surface area contributed by atoms with Gasteiger partial charge in [0, 0.05) is 12.8 Å². The SMILES string of the molecule is C[C@H]1NC(=O)[C@H](CCC(=O)O)NC(=O)[C@@H](C)NC(=O)[C@H](CCC(=O)O)NC1=O. The molecule has 1 aliphatic rings. The number of carbonyl (C=O) groups is 6. The van der Waals surface area contributed by atoms with E-state index in [0.29, 0.717) is 0 Å². The van der Waals surface area contributed by atoms with Gasteiger partial charge < -0.3 is 31.5 Å². The first-order chi connectivity index (χ1) is 13.0. The monoisotopic (exact) mass is 400 g/mol. The van der Waals surface area contributed by atoms with E-state index in [4.69, 9.17) is 10.2 Å². The fourth-order valence-electron chi connectivity index (χ4n) is 2.43. The van der Waals surface area contributed by atoms with Crippen LogP contribution in [0.3, 0.4) is 0 Å². The lowest BCUT2D eigenvalue weighted by Gasteiger charge is -2.27. The van der Waals surface area contributed by atoms with Crippen molar-refractivity contribution in [3.8, 4) is 0 Å². The van der Waals surface area contributed by atoms with Crippen LogP contribution in [-0.2, 0) is 28.8 Å². The van der Waals surface area contributed by atoms with Crippen LogP contribution in [-0.4, -0.2) is 69.9 Å². The minimum Gasteiger partial charge on any atom is -0.481 e. The second-order valence-corrected chi connectivity index (χ2v) is 6.45. The minimum atomic E-state index is -1.21. The fraction of sp³-hybridized carbons (Fsp3) is 0.625. The van der Waals surface area contributed by atoms with E-state index < -0.39 is 72.6 Å². The molecule has 0 aromatic carbocycles. The molecule has 0 spiro atoms. The van der Waals surface area contributed by atoms with Crippen LogP contribution in [0, 0.1) is 0 Å². The summed E-state index contributed by atoms with van der Waals surface area (Å²) < 4.78 is 0. The molecular weight excluding hydrogens is 376 g/mol. The van der Waals surface area contributed by atoms with E-state index in [1.807, 2.05) is 0 Å². The second-order valence-electron chi connectivity index (χ2n) is 6.45. The van der Waals surface area contributed by atoms with E-state index in [-0.39, 0.29) is 12.8 Å². The van der Waals surface area contributed by atoms with Gasteiger partial charge in [0.1, 0.15) is 24.2 Å². The van der Waals surface area contributed by atoms with Crippen molar-refractivity contribution < 1.29 is 39.0 Å². The van der Waals surface area contributed by atoms with Crippen molar-refractivity contribution in [2.45, 2.75) is 63.7 Å². The maximum Gasteiger partial charge on any atom is 0.303 e. The molecule has 0 aromatic heterocycles. The van der Waals surface area contributed by atoms with E-state index in [0.717, 1.165) is 0 Å². The molecule has 6 N–H and O–H groups in total. The first-order valence-electron chi connectivity index (χ1n) is 8.66. The zero-order chi connectivity index (χ0) is 21.4. The Morgan fingerprint density at radius 2 is 1.00 bits per heavy atom. The van der Waals surface area contributed by atoms with E-state index in [2.05, 4.69) is 21.3 Å². The summed E-state index contributed by atoms with van der Waals surface area (Å²) in [6.45, 7) is 2.67. The Balaban J connectivity index is 3.04. The molecule has 0 radical (unpaired) electrons. The summed E-state index contributed by atoms with van der Waals surface area (Å²) in [7, 11) is 0. The molecular formula is C16H24N4O8. The summed E-state index contributed by atoms with van der Waals surface area (Å²) >= 11 is 0. The summed E-state index contributed by atoms with van der Waals surface area (Å²) in [5.41, 5.74) is 0. The lowest BCUT2D eigenvalue weighted by Crippen LogP contribution is -2.60. The van der Waals surface area contributed by atoms with E-state index >= 15 is 0 Å². The predicted molar refractivity (Wildman–Crippen MR) is 92.8 cm³/mol. The van der Waals surface area contributed by atoms with Gasteiger partial charge in [0.05, 0.1) is 0 Å². The fourth-order valence-corrected chi connectivity index (χ4v) is 2.43. The van der Waals surface area contributed by atoms with Gasteiger partial charge in [0.15, 0.2) is 0 Å². The van der Waals surface area contributed by atoms with Gasteiger partial charge in [-0.3, -0.25) is 28.8 Å². The van der Waals surface area contributed by atoms with Crippen LogP contribution >= 0.6 is 0 Å². The highest BCUT2D eigenvalue weighted by molar-refractivity contribution is 5.97. The molecule has 156 valence electrons. The smallest absolute Gasteiger partial charge is 0.303 e. The number of amides is 4. The number of carboxylic acids is 2. The predicted octanol–water partition coefficient (Wildman–Crippen LogP) is -2.29. The first-order valence-corrected chi connectivity index (χ1v) is 8.66. The Kier molecular flexibility index (Phi) is 8.35. The molecule has 4 amide bonds. The van der Waals surface area contributed by atoms with Crippen LogP contribution in [0.4, 0.5) is 0 Å². The van der Waals surface area contributed by atoms with E-state index in [1.165, 1.54) is 13.8 Å². The Morgan fingerprint density at radius 1 is 0.679 bits per heavy atom. The van der Waals surface area contributed by atoms with Gasteiger partial charge in [-0.1, -0.05) is 0 Å². The number of aliphatic carboxylic acids is 2. The maximum atomic E-state index is 12.3. The Hall–Kier alpha value is -3.18. The highest BCUT2D eigenvalue weighted by Gasteiger charge is 2.31. The van der Waals surface area contributed by atoms with Crippen molar-refractivity contribution in [3.05, 3.63) is 0 Å². The molecule has 0 unspecified atom stereocenters. The average Bonchev–Trinajstić information content (AvgIpc) is 2.59. The maximum absolute atomic E-state index is 12.3. The molecule has 12 nitrogen and oxygen atoms in total. The van der Waals surface area contributed by atoms with Crippen LogP contribution in [0.15, 0.2) is 0 Å². The number of hydrogen-bond acceptors (Lipinski definition) is 6. The van der Waals surface area contributed by atoms with Crippen molar-refractivity contribution in [2.24, 2.45) is 0 Å². The molecule has 4 atom stereocenters. The van der Waals surface area contributed by atoms with Crippen LogP contribution in [0.5, 0.6) is 0 Å². The summed E-state index contributed by atoms with van der Waals surface area (Å²) in [5, 5.41) is 27.0. The Labute approximate surface area is 160 Å². The quantitative estimate of drug-likeness (QED) is 0.287. The van der Waals surface area contributed by atoms with Gasteiger partial charge in [0.25, 0.3) is 0 Å². The molecule has 0 aromatic rings. The van der Waals surface area contributed by atoms with Crippen LogP contribution in [0.1, 0.15) is 39.5 Å². The Morgan fingerprint density at radius 3 is 1.29 bits per heavy atom. The number of carboxylic acid groups (broad SMARTS) is 2. The molecule has 0 bridgehead atoms. The molecule has 1 fully saturated rings. The number of rotatable bonds is 6. The van der Waals surface area contributed by atoms with Crippen LogP contribution in [0.25, 0.3) is 0 Å². The molecule has 0 aliphatic carbocycles. The topological polar surface area (TPSA) is 191 Å². The van der Waals surface area contributed by atoms with Crippen molar-refractivity contribution >= 4 is 35.6 Å². The molecule has 1 rings (SSSR count). The summed E-state index contributed by atoms with van der Waals surface area (Å²) in [6.07, 6.45) is -1.19. The zero-order valence-electron chi connectivity index (χ0n) is 15.5.